The van der Waals surface area contributed by atoms with Crippen LogP contribution in [0.15, 0.2) is 121 Å². The van der Waals surface area contributed by atoms with E-state index in [0.717, 1.165) is 18.1 Å². The van der Waals surface area contributed by atoms with Gasteiger partial charge in [0.2, 0.25) is 0 Å². The van der Waals surface area contributed by atoms with E-state index in [1.54, 1.807) is 0 Å². The summed E-state index contributed by atoms with van der Waals surface area (Å²) >= 11 is 0. The lowest BCUT2D eigenvalue weighted by Crippen LogP contribution is -2.42. The van der Waals surface area contributed by atoms with Gasteiger partial charge in [-0.25, -0.2) is 0 Å². The van der Waals surface area contributed by atoms with Gasteiger partial charge in [0.25, 0.3) is 0 Å². The van der Waals surface area contributed by atoms with Crippen molar-refractivity contribution in [3.8, 4) is 0 Å². The topological polar surface area (TPSA) is 27.7 Å². The number of ether oxygens (including phenoxy) is 3. The Balaban J connectivity index is 1.38. The van der Waals surface area contributed by atoms with Gasteiger partial charge in [0.15, 0.2) is 6.29 Å². The molecule has 0 aromatic heterocycles. The highest BCUT2D eigenvalue weighted by atomic mass is 31.2. The largest absolute Gasteiger partial charge is 0.411 e. The fraction of sp³-hybridized carbons (Fsp3) is 0.314. The fourth-order valence-electron chi connectivity index (χ4n) is 5.78. The molecule has 3 nitrogen and oxygen atoms in total. The zero-order valence-electron chi connectivity index (χ0n) is 23.5. The Morgan fingerprint density at radius 1 is 0.667 bits per heavy atom. The van der Waals surface area contributed by atoms with Crippen LogP contribution in [0.4, 0.5) is 13.2 Å². The van der Waals surface area contributed by atoms with Crippen molar-refractivity contribution in [1.29, 1.82) is 0 Å². The van der Waals surface area contributed by atoms with E-state index in [0.29, 0.717) is 25.9 Å². The van der Waals surface area contributed by atoms with Crippen molar-refractivity contribution in [3.05, 3.63) is 127 Å². The Morgan fingerprint density at radius 3 is 1.67 bits per heavy atom. The molecule has 0 amide bonds. The van der Waals surface area contributed by atoms with Gasteiger partial charge in [-0.2, -0.15) is 13.2 Å². The number of hydrogen-bond acceptors (Lipinski definition) is 3. The van der Waals surface area contributed by atoms with Crippen LogP contribution in [0.3, 0.4) is 0 Å². The predicted octanol–water partition coefficient (Wildman–Crippen LogP) is 7.43. The van der Waals surface area contributed by atoms with E-state index in [4.69, 9.17) is 14.2 Å². The molecule has 3 atom stereocenters. The summed E-state index contributed by atoms with van der Waals surface area (Å²) in [5.41, 5.74) is 1.05. The maximum atomic E-state index is 12.9. The molecule has 0 N–H and O–H groups in total. The first-order chi connectivity index (χ1) is 20.4. The van der Waals surface area contributed by atoms with Crippen LogP contribution in [0.1, 0.15) is 31.2 Å². The third-order valence-electron chi connectivity index (χ3n) is 7.74. The van der Waals surface area contributed by atoms with Gasteiger partial charge in [-0.1, -0.05) is 84.9 Å². The summed E-state index contributed by atoms with van der Waals surface area (Å²) in [5, 5.41) is 3.90. The summed E-state index contributed by atoms with van der Waals surface area (Å²) in [7, 11) is -2.03. The normalized spacial score (nSPS) is 19.5. The molecule has 0 bridgehead atoms. The second-order valence-electron chi connectivity index (χ2n) is 10.6. The molecule has 42 heavy (non-hydrogen) atoms. The average molecular weight is 594 g/mol. The maximum absolute atomic E-state index is 12.9. The molecule has 1 saturated heterocycles. The van der Waals surface area contributed by atoms with Crippen molar-refractivity contribution >= 4 is 23.2 Å². The molecule has 5 rings (SSSR count). The highest BCUT2D eigenvalue weighted by Gasteiger charge is 2.45. The molecule has 4 aromatic rings. The first kappa shape index (κ1) is 30.4. The minimum Gasteiger partial charge on any atom is -0.371 e. The highest BCUT2D eigenvalue weighted by Crippen LogP contribution is 2.56. The molecule has 0 aliphatic carbocycles. The summed E-state index contributed by atoms with van der Waals surface area (Å²) in [6.07, 6.45) is -2.59. The monoisotopic (exact) mass is 593 g/mol. The van der Waals surface area contributed by atoms with E-state index in [1.165, 1.54) is 15.9 Å². The van der Waals surface area contributed by atoms with Crippen LogP contribution in [0.2, 0.25) is 0 Å². The minimum absolute atomic E-state index is 0.228. The molecule has 0 unspecified atom stereocenters. The zero-order chi connectivity index (χ0) is 29.3. The Labute approximate surface area is 247 Å². The molecule has 4 aromatic carbocycles. The molecule has 0 spiro atoms. The lowest BCUT2D eigenvalue weighted by atomic mass is 10.0. The molecule has 1 fully saturated rings. The number of hydrogen-bond donors (Lipinski definition) is 0. The van der Waals surface area contributed by atoms with Crippen molar-refractivity contribution in [2.45, 2.75) is 57.0 Å². The molecular weight excluding hydrogens is 556 g/mol. The van der Waals surface area contributed by atoms with Gasteiger partial charge in [-0.15, -0.1) is 0 Å². The van der Waals surface area contributed by atoms with Crippen LogP contribution in [-0.4, -0.2) is 37.4 Å². The van der Waals surface area contributed by atoms with Crippen LogP contribution in [0.5, 0.6) is 0 Å². The van der Waals surface area contributed by atoms with E-state index in [1.807, 2.05) is 48.5 Å². The van der Waals surface area contributed by atoms with E-state index in [-0.39, 0.29) is 12.2 Å². The molecule has 0 saturated carbocycles. The lowest BCUT2D eigenvalue weighted by Gasteiger charge is -2.37. The fourth-order valence-corrected chi connectivity index (χ4v) is 10.1. The van der Waals surface area contributed by atoms with E-state index < -0.39 is 26.3 Å². The van der Waals surface area contributed by atoms with Crippen LogP contribution in [0.25, 0.3) is 0 Å². The van der Waals surface area contributed by atoms with Gasteiger partial charge in [0.1, 0.15) is 29.8 Å². The Morgan fingerprint density at radius 2 is 1.17 bits per heavy atom. The Bertz CT molecular complexity index is 1240. The van der Waals surface area contributed by atoms with Gasteiger partial charge in [0.05, 0.1) is 25.0 Å². The van der Waals surface area contributed by atoms with Crippen molar-refractivity contribution in [3.63, 3.8) is 0 Å². The molecule has 1 aliphatic heterocycles. The number of halogens is 3. The molecule has 7 heteroatoms. The number of rotatable bonds is 12. The SMILES string of the molecule is FC(F)(F)CO[C@@H]1CC[C@H](OCc2ccccc2)[C@@H](CCC[P+](c2ccccc2)(c2ccccc2)c2ccccc2)O1. The summed E-state index contributed by atoms with van der Waals surface area (Å²) < 4.78 is 56.4. The molecule has 220 valence electrons. The number of alkyl halides is 3. The van der Waals surface area contributed by atoms with Crippen molar-refractivity contribution in [2.75, 3.05) is 12.8 Å². The minimum atomic E-state index is -4.40. The van der Waals surface area contributed by atoms with Crippen LogP contribution < -0.4 is 15.9 Å². The maximum Gasteiger partial charge on any atom is 0.411 e. The first-order valence-corrected chi connectivity index (χ1v) is 16.5. The first-order valence-electron chi connectivity index (χ1n) is 14.5. The lowest BCUT2D eigenvalue weighted by molar-refractivity contribution is -0.269. The summed E-state index contributed by atoms with van der Waals surface area (Å²) in [5.74, 6) is 0. The Kier molecular flexibility index (Phi) is 10.5. The van der Waals surface area contributed by atoms with Gasteiger partial charge in [0, 0.05) is 6.42 Å². The number of benzene rings is 4. The third kappa shape index (κ3) is 7.87. The average Bonchev–Trinajstić information content (AvgIpc) is 3.03. The highest BCUT2D eigenvalue weighted by molar-refractivity contribution is 7.95. The van der Waals surface area contributed by atoms with Crippen LogP contribution in [0, 0.1) is 0 Å². The third-order valence-corrected chi connectivity index (χ3v) is 12.3. The van der Waals surface area contributed by atoms with E-state index in [9.17, 15) is 13.2 Å². The molecule has 0 radical (unpaired) electrons. The second-order valence-corrected chi connectivity index (χ2v) is 14.2. The van der Waals surface area contributed by atoms with Crippen LogP contribution >= 0.6 is 7.26 Å². The standard InChI is InChI=1S/C35H37F3O3P/c36-35(37,38)27-40-34-24-23-32(39-26-28-14-5-1-6-15-28)33(41-34)22-13-25-42(29-16-7-2-8-17-29,30-18-9-3-10-19-30)31-20-11-4-12-21-31/h1-12,14-21,32-34H,13,22-27H2/q+1/t32-,33+,34-/m0/s1. The molecular formula is C35H37F3O3P+. The van der Waals surface area contributed by atoms with Crippen LogP contribution in [-0.2, 0) is 20.8 Å². The Hall–Kier alpha value is -3.02. The van der Waals surface area contributed by atoms with Gasteiger partial charge in [-0.3, -0.25) is 0 Å². The quantitative estimate of drug-likeness (QED) is 0.160. The summed E-state index contributed by atoms with van der Waals surface area (Å²) in [6.45, 7) is -0.890. The van der Waals surface area contributed by atoms with E-state index in [2.05, 4.69) is 72.8 Å². The summed E-state index contributed by atoms with van der Waals surface area (Å²) in [6, 6.07) is 41.9. The zero-order valence-corrected chi connectivity index (χ0v) is 24.4. The molecule has 1 heterocycles. The smallest absolute Gasteiger partial charge is 0.371 e. The van der Waals surface area contributed by atoms with Crippen molar-refractivity contribution in [1.82, 2.24) is 0 Å². The van der Waals surface area contributed by atoms with Crippen molar-refractivity contribution in [2.24, 2.45) is 0 Å². The van der Waals surface area contributed by atoms with Gasteiger partial charge < -0.3 is 14.2 Å². The predicted molar refractivity (Wildman–Crippen MR) is 164 cm³/mol. The van der Waals surface area contributed by atoms with E-state index >= 15 is 0 Å². The second kappa shape index (κ2) is 14.4. The van der Waals surface area contributed by atoms with Crippen molar-refractivity contribution < 1.29 is 27.4 Å². The van der Waals surface area contributed by atoms with Gasteiger partial charge in [-0.05, 0) is 61.2 Å². The molecule has 1 aliphatic rings. The van der Waals surface area contributed by atoms with Gasteiger partial charge >= 0.3 is 6.18 Å². The summed E-state index contributed by atoms with van der Waals surface area (Å²) in [4.78, 5) is 0.